The fourth-order valence-electron chi connectivity index (χ4n) is 1.57. The molecule has 1 heterocycles. The maximum absolute atomic E-state index is 10.8. The number of hydrogen-bond acceptors (Lipinski definition) is 5. The summed E-state index contributed by atoms with van der Waals surface area (Å²) < 4.78 is 0.483. The van der Waals surface area contributed by atoms with Gasteiger partial charge in [0.25, 0.3) is 5.69 Å². The van der Waals surface area contributed by atoms with Crippen LogP contribution in [0.15, 0.2) is 41.3 Å². The summed E-state index contributed by atoms with van der Waals surface area (Å²) in [4.78, 5) is 18.3. The molecule has 98 valence electrons. The monoisotopic (exact) mass is 322 g/mol. The number of aromatic nitrogens is 2. The Morgan fingerprint density at radius 1 is 1.32 bits per heavy atom. The van der Waals surface area contributed by atoms with Gasteiger partial charge in [-0.3, -0.25) is 10.1 Å². The maximum Gasteiger partial charge on any atom is 0.283 e. The molecule has 0 amide bonds. The lowest BCUT2D eigenvalue weighted by Gasteiger charge is -2.05. The summed E-state index contributed by atoms with van der Waals surface area (Å²) in [6.45, 7) is 1.13. The predicted molar refractivity (Wildman–Crippen MR) is 73.4 cm³/mol. The van der Waals surface area contributed by atoms with Gasteiger partial charge < -0.3 is 5.32 Å². The number of nitrogens with one attached hydrogen (secondary N) is 1. The molecule has 0 radical (unpaired) electrons. The van der Waals surface area contributed by atoms with E-state index in [9.17, 15) is 10.1 Å². The van der Waals surface area contributed by atoms with Crippen LogP contribution in [0.4, 0.5) is 5.69 Å². The van der Waals surface area contributed by atoms with Crippen molar-refractivity contribution in [2.75, 3.05) is 0 Å². The number of hydrogen-bond donors (Lipinski definition) is 1. The van der Waals surface area contributed by atoms with E-state index in [0.717, 1.165) is 11.3 Å². The molecule has 0 aliphatic rings. The molecule has 0 fully saturated rings. The van der Waals surface area contributed by atoms with E-state index in [4.69, 9.17) is 0 Å². The molecule has 6 nitrogen and oxygen atoms in total. The van der Waals surface area contributed by atoms with Crippen molar-refractivity contribution in [3.8, 4) is 0 Å². The van der Waals surface area contributed by atoms with Gasteiger partial charge in [0.2, 0.25) is 0 Å². The second kappa shape index (κ2) is 6.35. The van der Waals surface area contributed by atoms with Gasteiger partial charge in [0.15, 0.2) is 0 Å². The molecular weight excluding hydrogens is 312 g/mol. The highest BCUT2D eigenvalue weighted by atomic mass is 79.9. The lowest BCUT2D eigenvalue weighted by Crippen LogP contribution is -2.13. The molecule has 0 atom stereocenters. The normalized spacial score (nSPS) is 10.4. The predicted octanol–water partition coefficient (Wildman–Crippen LogP) is 2.44. The zero-order valence-corrected chi connectivity index (χ0v) is 11.5. The topological polar surface area (TPSA) is 81.0 Å². The van der Waals surface area contributed by atoms with Crippen LogP contribution in [0.5, 0.6) is 0 Å². The molecule has 1 aromatic heterocycles. The summed E-state index contributed by atoms with van der Waals surface area (Å²) in [6.07, 6.45) is 3.16. The third kappa shape index (κ3) is 3.80. The highest BCUT2D eigenvalue weighted by Crippen LogP contribution is 2.25. The van der Waals surface area contributed by atoms with Gasteiger partial charge in [-0.05, 0) is 33.6 Å². The third-order valence-corrected chi connectivity index (χ3v) is 3.16. The lowest BCUT2D eigenvalue weighted by molar-refractivity contribution is -0.385. The van der Waals surface area contributed by atoms with E-state index < -0.39 is 4.92 Å². The van der Waals surface area contributed by atoms with E-state index in [-0.39, 0.29) is 5.69 Å². The van der Waals surface area contributed by atoms with Crippen molar-refractivity contribution < 1.29 is 4.92 Å². The quantitative estimate of drug-likeness (QED) is 0.675. The van der Waals surface area contributed by atoms with Gasteiger partial charge in [-0.25, -0.2) is 9.97 Å². The van der Waals surface area contributed by atoms with Gasteiger partial charge in [-0.1, -0.05) is 6.07 Å². The van der Waals surface area contributed by atoms with Crippen molar-refractivity contribution in [2.45, 2.75) is 13.1 Å². The van der Waals surface area contributed by atoms with Crippen LogP contribution < -0.4 is 5.32 Å². The molecule has 0 saturated carbocycles. The second-order valence-corrected chi connectivity index (χ2v) is 4.70. The number of halogens is 1. The molecule has 0 saturated heterocycles. The highest BCUT2D eigenvalue weighted by Gasteiger charge is 2.11. The summed E-state index contributed by atoms with van der Waals surface area (Å²) >= 11 is 3.16. The van der Waals surface area contributed by atoms with E-state index in [1.165, 1.54) is 6.33 Å². The molecule has 1 aromatic carbocycles. The number of benzene rings is 1. The van der Waals surface area contributed by atoms with Crippen molar-refractivity contribution >= 4 is 21.6 Å². The molecule has 0 aliphatic heterocycles. The van der Waals surface area contributed by atoms with Crippen molar-refractivity contribution in [3.63, 3.8) is 0 Å². The molecule has 19 heavy (non-hydrogen) atoms. The average Bonchev–Trinajstić information content (AvgIpc) is 2.41. The molecule has 1 N–H and O–H groups in total. The first-order valence-electron chi connectivity index (χ1n) is 5.55. The van der Waals surface area contributed by atoms with Gasteiger partial charge in [-0.2, -0.15) is 0 Å². The Hall–Kier alpha value is -1.86. The van der Waals surface area contributed by atoms with E-state index in [1.54, 1.807) is 18.3 Å². The third-order valence-electron chi connectivity index (χ3n) is 2.49. The summed E-state index contributed by atoms with van der Waals surface area (Å²) in [5.41, 5.74) is 1.80. The van der Waals surface area contributed by atoms with Crippen LogP contribution >= 0.6 is 15.9 Å². The first kappa shape index (κ1) is 13.6. The van der Waals surface area contributed by atoms with Crippen LogP contribution in [0.3, 0.4) is 0 Å². The largest absolute Gasteiger partial charge is 0.307 e. The molecule has 0 aliphatic carbocycles. The van der Waals surface area contributed by atoms with E-state index in [2.05, 4.69) is 31.2 Å². The van der Waals surface area contributed by atoms with Crippen molar-refractivity contribution in [3.05, 3.63) is 62.6 Å². The van der Waals surface area contributed by atoms with Gasteiger partial charge in [0.1, 0.15) is 6.33 Å². The van der Waals surface area contributed by atoms with Crippen LogP contribution in [0.25, 0.3) is 0 Å². The fraction of sp³-hybridized carbons (Fsp3) is 0.167. The van der Waals surface area contributed by atoms with Crippen LogP contribution in [-0.4, -0.2) is 14.9 Å². The Bertz CT molecular complexity index is 577. The lowest BCUT2D eigenvalue weighted by atomic mass is 10.2. The molecule has 7 heteroatoms. The molecule has 2 rings (SSSR count). The Kier molecular flexibility index (Phi) is 4.53. The maximum atomic E-state index is 10.8. The first-order valence-corrected chi connectivity index (χ1v) is 6.34. The van der Waals surface area contributed by atoms with Crippen LogP contribution in [-0.2, 0) is 13.1 Å². The second-order valence-electron chi connectivity index (χ2n) is 3.85. The van der Waals surface area contributed by atoms with E-state index in [1.807, 2.05) is 12.1 Å². The van der Waals surface area contributed by atoms with Gasteiger partial charge in [0.05, 0.1) is 15.1 Å². The van der Waals surface area contributed by atoms with Crippen LogP contribution in [0.1, 0.15) is 11.3 Å². The summed E-state index contributed by atoms with van der Waals surface area (Å²) in [5.74, 6) is 0. The number of nitro groups is 1. The van der Waals surface area contributed by atoms with Crippen LogP contribution in [0.2, 0.25) is 0 Å². The Balaban J connectivity index is 1.97. The Morgan fingerprint density at radius 2 is 2.16 bits per heavy atom. The first-order chi connectivity index (χ1) is 9.16. The Morgan fingerprint density at radius 3 is 2.84 bits per heavy atom. The smallest absolute Gasteiger partial charge is 0.283 e. The molecule has 0 unspecified atom stereocenters. The van der Waals surface area contributed by atoms with Crippen molar-refractivity contribution in [1.82, 2.24) is 15.3 Å². The fourth-order valence-corrected chi connectivity index (χ4v) is 1.96. The summed E-state index contributed by atoms with van der Waals surface area (Å²) in [5, 5.41) is 14.0. The number of nitro benzene ring substituents is 1. The molecular formula is C12H11BrN4O2. The molecule has 0 spiro atoms. The number of nitrogens with zero attached hydrogens (tertiary/aromatic N) is 3. The molecule has 0 bridgehead atoms. The molecule has 2 aromatic rings. The minimum atomic E-state index is -0.405. The summed E-state index contributed by atoms with van der Waals surface area (Å²) in [6, 6.07) is 6.89. The number of rotatable bonds is 5. The Labute approximate surface area is 118 Å². The van der Waals surface area contributed by atoms with E-state index >= 15 is 0 Å². The van der Waals surface area contributed by atoms with E-state index in [0.29, 0.717) is 17.6 Å². The average molecular weight is 323 g/mol. The van der Waals surface area contributed by atoms with Gasteiger partial charge in [-0.15, -0.1) is 0 Å². The van der Waals surface area contributed by atoms with Crippen molar-refractivity contribution in [1.29, 1.82) is 0 Å². The van der Waals surface area contributed by atoms with Crippen molar-refractivity contribution in [2.24, 2.45) is 0 Å². The van der Waals surface area contributed by atoms with Crippen LogP contribution in [0, 0.1) is 10.1 Å². The minimum absolute atomic E-state index is 0.0707. The summed E-state index contributed by atoms with van der Waals surface area (Å²) in [7, 11) is 0. The standard InChI is InChI=1S/C12H11BrN4O2/c13-11-2-1-9(5-12(11)17(18)19)6-15-7-10-3-4-14-8-16-10/h1-5,8,15H,6-7H2. The zero-order chi connectivity index (χ0) is 13.7. The van der Waals surface area contributed by atoms with Gasteiger partial charge >= 0.3 is 0 Å². The van der Waals surface area contributed by atoms with Gasteiger partial charge in [0, 0.05) is 25.4 Å². The minimum Gasteiger partial charge on any atom is -0.307 e. The highest BCUT2D eigenvalue weighted by molar-refractivity contribution is 9.10. The zero-order valence-electron chi connectivity index (χ0n) is 9.91. The SMILES string of the molecule is O=[N+]([O-])c1cc(CNCc2ccncn2)ccc1Br.